The topological polar surface area (TPSA) is 80.3 Å². The minimum atomic E-state index is -0.550. The van der Waals surface area contributed by atoms with Crippen LogP contribution in [-0.2, 0) is 9.53 Å². The van der Waals surface area contributed by atoms with Gasteiger partial charge >= 0.3 is 6.09 Å². The fourth-order valence-electron chi connectivity index (χ4n) is 3.20. The van der Waals surface area contributed by atoms with E-state index in [1.54, 1.807) is 6.20 Å². The molecule has 0 saturated heterocycles. The minimum absolute atomic E-state index is 0.0484. The first-order valence-corrected chi connectivity index (χ1v) is 9.21. The van der Waals surface area contributed by atoms with E-state index in [-0.39, 0.29) is 23.8 Å². The van der Waals surface area contributed by atoms with E-state index in [0.29, 0.717) is 13.0 Å². The van der Waals surface area contributed by atoms with Gasteiger partial charge in [-0.1, -0.05) is 12.2 Å². The summed E-state index contributed by atoms with van der Waals surface area (Å²) in [4.78, 5) is 28.9. The van der Waals surface area contributed by atoms with Gasteiger partial charge in [0.25, 0.3) is 0 Å². The first-order valence-electron chi connectivity index (χ1n) is 9.21. The Balaban J connectivity index is 1.81. The molecule has 2 heterocycles. The van der Waals surface area contributed by atoms with Gasteiger partial charge in [0.05, 0.1) is 11.7 Å². The molecular formula is C20H27N3O3. The van der Waals surface area contributed by atoms with Gasteiger partial charge in [0.1, 0.15) is 5.60 Å². The fourth-order valence-corrected chi connectivity index (χ4v) is 3.20. The van der Waals surface area contributed by atoms with E-state index in [4.69, 9.17) is 4.74 Å². The summed E-state index contributed by atoms with van der Waals surface area (Å²) >= 11 is 0. The number of hydrogen-bond donors (Lipinski definition) is 2. The molecule has 140 valence electrons. The largest absolute Gasteiger partial charge is 0.444 e. The highest BCUT2D eigenvalue weighted by Gasteiger charge is 2.44. The van der Waals surface area contributed by atoms with E-state index in [1.807, 2.05) is 45.1 Å². The van der Waals surface area contributed by atoms with Crippen molar-refractivity contribution in [2.75, 3.05) is 6.54 Å². The lowest BCUT2D eigenvalue weighted by atomic mass is 10.0. The zero-order valence-corrected chi connectivity index (χ0v) is 15.6. The van der Waals surface area contributed by atoms with Gasteiger partial charge in [-0.25, -0.2) is 4.79 Å². The molecule has 3 rings (SSSR count). The van der Waals surface area contributed by atoms with Crippen LogP contribution in [0.5, 0.6) is 0 Å². The second kappa shape index (κ2) is 7.48. The lowest BCUT2D eigenvalue weighted by Crippen LogP contribution is -2.35. The van der Waals surface area contributed by atoms with Crippen molar-refractivity contribution in [2.24, 2.45) is 5.92 Å². The Morgan fingerprint density at radius 3 is 2.88 bits per heavy atom. The third-order valence-electron chi connectivity index (χ3n) is 4.56. The predicted molar refractivity (Wildman–Crippen MR) is 98.6 cm³/mol. The zero-order chi connectivity index (χ0) is 18.7. The maximum Gasteiger partial charge on any atom is 0.408 e. The number of aromatic nitrogens is 1. The van der Waals surface area contributed by atoms with Gasteiger partial charge in [-0.3, -0.25) is 9.78 Å². The maximum absolute atomic E-state index is 12.2. The summed E-state index contributed by atoms with van der Waals surface area (Å²) in [6.45, 7) is 6.16. The number of rotatable bonds is 1. The van der Waals surface area contributed by atoms with Crippen LogP contribution in [-0.4, -0.2) is 29.1 Å². The van der Waals surface area contributed by atoms with E-state index in [0.717, 1.165) is 24.1 Å². The molecule has 1 saturated carbocycles. The van der Waals surface area contributed by atoms with Crippen LogP contribution in [0.2, 0.25) is 0 Å². The van der Waals surface area contributed by atoms with Crippen LogP contribution in [0.3, 0.4) is 0 Å². The molecule has 1 aromatic heterocycles. The number of nitrogens with zero attached hydrogens (tertiary/aromatic N) is 1. The van der Waals surface area contributed by atoms with Gasteiger partial charge in [-0.2, -0.15) is 0 Å². The number of fused-ring (bicyclic) bond motifs is 4. The first-order chi connectivity index (χ1) is 12.3. The Morgan fingerprint density at radius 1 is 1.31 bits per heavy atom. The Hall–Kier alpha value is -2.37. The summed E-state index contributed by atoms with van der Waals surface area (Å²) in [5.41, 5.74) is 1.35. The van der Waals surface area contributed by atoms with Crippen molar-refractivity contribution in [1.82, 2.24) is 15.6 Å². The van der Waals surface area contributed by atoms with Gasteiger partial charge in [0.2, 0.25) is 5.91 Å². The summed E-state index contributed by atoms with van der Waals surface area (Å²) in [7, 11) is 0. The molecule has 1 aliphatic heterocycles. The minimum Gasteiger partial charge on any atom is -0.444 e. The van der Waals surface area contributed by atoms with Gasteiger partial charge < -0.3 is 15.4 Å². The summed E-state index contributed by atoms with van der Waals surface area (Å²) in [5, 5.41) is 5.93. The molecule has 26 heavy (non-hydrogen) atoms. The Bertz CT molecular complexity index is 708. The average molecular weight is 357 g/mol. The average Bonchev–Trinajstić information content (AvgIpc) is 3.35. The van der Waals surface area contributed by atoms with Crippen LogP contribution in [0.4, 0.5) is 4.79 Å². The van der Waals surface area contributed by atoms with Crippen molar-refractivity contribution in [3.8, 4) is 0 Å². The number of amides is 2. The third kappa shape index (κ3) is 4.84. The van der Waals surface area contributed by atoms with Crippen LogP contribution in [0.15, 0.2) is 30.5 Å². The molecule has 1 fully saturated rings. The van der Waals surface area contributed by atoms with E-state index < -0.39 is 11.7 Å². The lowest BCUT2D eigenvalue weighted by molar-refractivity contribution is -0.122. The van der Waals surface area contributed by atoms with E-state index in [9.17, 15) is 9.59 Å². The van der Waals surface area contributed by atoms with Crippen LogP contribution in [0.25, 0.3) is 0 Å². The smallest absolute Gasteiger partial charge is 0.408 e. The summed E-state index contributed by atoms with van der Waals surface area (Å²) in [5.74, 6) is 0.421. The van der Waals surface area contributed by atoms with Crippen molar-refractivity contribution in [2.45, 2.75) is 57.6 Å². The molecule has 0 radical (unpaired) electrons. The molecule has 1 aliphatic carbocycles. The molecule has 6 nitrogen and oxygen atoms in total. The lowest BCUT2D eigenvalue weighted by Gasteiger charge is -2.23. The zero-order valence-electron chi connectivity index (χ0n) is 15.6. The second-order valence-corrected chi connectivity index (χ2v) is 7.95. The number of hydrogen-bond acceptors (Lipinski definition) is 4. The van der Waals surface area contributed by atoms with Gasteiger partial charge in [-0.05, 0) is 63.6 Å². The monoisotopic (exact) mass is 357 g/mol. The molecule has 2 bridgehead atoms. The molecule has 2 aliphatic rings. The number of carbonyl (C=O) groups is 2. The highest BCUT2D eigenvalue weighted by atomic mass is 16.6. The van der Waals surface area contributed by atoms with Crippen molar-refractivity contribution in [3.63, 3.8) is 0 Å². The fraction of sp³-hybridized carbons (Fsp3) is 0.550. The number of alkyl carbamates (subject to hydrolysis) is 1. The Morgan fingerprint density at radius 2 is 2.12 bits per heavy atom. The normalized spacial score (nSPS) is 26.9. The van der Waals surface area contributed by atoms with Crippen molar-refractivity contribution >= 4 is 12.0 Å². The molecule has 3 atom stereocenters. The number of nitrogens with one attached hydrogen (secondary N) is 2. The van der Waals surface area contributed by atoms with Gasteiger partial charge in [-0.15, -0.1) is 0 Å². The predicted octanol–water partition coefficient (Wildman–Crippen LogP) is 3.22. The van der Waals surface area contributed by atoms with Crippen LogP contribution >= 0.6 is 0 Å². The molecular weight excluding hydrogens is 330 g/mol. The molecule has 0 spiro atoms. The highest BCUT2D eigenvalue weighted by molar-refractivity contribution is 5.82. The third-order valence-corrected chi connectivity index (χ3v) is 4.56. The summed E-state index contributed by atoms with van der Waals surface area (Å²) in [6, 6.07) is 3.70. The van der Waals surface area contributed by atoms with E-state index >= 15 is 0 Å². The molecule has 0 aromatic carbocycles. The van der Waals surface area contributed by atoms with E-state index in [1.165, 1.54) is 0 Å². The Kier molecular flexibility index (Phi) is 5.30. The second-order valence-electron chi connectivity index (χ2n) is 7.95. The molecule has 0 unspecified atom stereocenters. The summed E-state index contributed by atoms with van der Waals surface area (Å²) < 4.78 is 5.39. The molecule has 2 N–H and O–H groups in total. The first kappa shape index (κ1) is 18.4. The van der Waals surface area contributed by atoms with Crippen molar-refractivity contribution < 1.29 is 14.3 Å². The standard InChI is InChI=1S/C20H27N3O3/c1-20(2,3)26-19(25)23-16-7-5-4-6-9-22-18(24)15-12-14(15)13-8-10-21-17(16)11-13/h4-5,8,10-11,14-16H,6-7,9,12H2,1-3H3,(H,22,24)(H,23,25)/b5-4+/t14-,15-,16-/m0/s1. The molecule has 6 heteroatoms. The molecule has 1 aromatic rings. The number of pyridine rings is 1. The Labute approximate surface area is 154 Å². The highest BCUT2D eigenvalue weighted by Crippen LogP contribution is 2.47. The van der Waals surface area contributed by atoms with Gasteiger partial charge in [0, 0.05) is 18.7 Å². The van der Waals surface area contributed by atoms with Crippen LogP contribution in [0, 0.1) is 5.92 Å². The van der Waals surface area contributed by atoms with Crippen LogP contribution < -0.4 is 10.6 Å². The summed E-state index contributed by atoms with van der Waals surface area (Å²) in [6.07, 6.45) is 7.61. The SMILES string of the molecule is CC(C)(C)OC(=O)N[C@H]1C/C=C/CCNC(=O)[C@H]2C[C@H]2c2ccnc1c2. The number of carbonyl (C=O) groups excluding carboxylic acids is 2. The van der Waals surface area contributed by atoms with Crippen molar-refractivity contribution in [1.29, 1.82) is 0 Å². The van der Waals surface area contributed by atoms with Gasteiger partial charge in [0.15, 0.2) is 0 Å². The maximum atomic E-state index is 12.2. The van der Waals surface area contributed by atoms with Crippen molar-refractivity contribution in [3.05, 3.63) is 41.7 Å². The number of ether oxygens (including phenoxy) is 1. The quantitative estimate of drug-likeness (QED) is 0.756. The molecule has 2 amide bonds. The van der Waals surface area contributed by atoms with Crippen LogP contribution in [0.1, 0.15) is 63.3 Å². The van der Waals surface area contributed by atoms with E-state index in [2.05, 4.69) is 15.6 Å².